The summed E-state index contributed by atoms with van der Waals surface area (Å²) < 4.78 is 10.9. The molecule has 1 amide bonds. The summed E-state index contributed by atoms with van der Waals surface area (Å²) in [6.07, 6.45) is 6.25. The van der Waals surface area contributed by atoms with E-state index in [1.54, 1.807) is 0 Å². The fourth-order valence-electron chi connectivity index (χ4n) is 5.07. The Balaban J connectivity index is 1.70. The second-order valence-corrected chi connectivity index (χ2v) is 6.54. The van der Waals surface area contributed by atoms with E-state index in [0.29, 0.717) is 25.0 Å². The first-order valence-electron chi connectivity index (χ1n) is 7.63. The number of carbonyl (C=O) groups excluding carboxylic acids is 1. The molecule has 4 bridgehead atoms. The van der Waals surface area contributed by atoms with Crippen LogP contribution in [0.1, 0.15) is 39.0 Å². The first-order valence-corrected chi connectivity index (χ1v) is 7.63. The molecule has 0 aliphatic heterocycles. The number of nitrogens with one attached hydrogen (secondary N) is 1. The Labute approximate surface area is 115 Å². The average molecular weight is 267 g/mol. The molecule has 4 nitrogen and oxygen atoms in total. The summed E-state index contributed by atoms with van der Waals surface area (Å²) in [5.74, 6) is 3.06. The molecule has 4 aliphatic rings. The minimum Gasteiger partial charge on any atom is -0.450 e. The summed E-state index contributed by atoms with van der Waals surface area (Å²) in [5, 5.41) is 2.92. The van der Waals surface area contributed by atoms with Gasteiger partial charge in [-0.2, -0.15) is 0 Å². The van der Waals surface area contributed by atoms with Crippen molar-refractivity contribution in [1.29, 1.82) is 0 Å². The van der Waals surface area contributed by atoms with E-state index in [0.717, 1.165) is 11.8 Å². The second-order valence-electron chi connectivity index (χ2n) is 6.54. The van der Waals surface area contributed by atoms with Gasteiger partial charge in [-0.25, -0.2) is 4.79 Å². The number of ether oxygens (including phenoxy) is 2. The Morgan fingerprint density at radius 1 is 1.16 bits per heavy atom. The van der Waals surface area contributed by atoms with Crippen molar-refractivity contribution >= 4 is 6.09 Å². The maximum Gasteiger partial charge on any atom is 0.407 e. The van der Waals surface area contributed by atoms with Gasteiger partial charge in [-0.1, -0.05) is 0 Å². The molecule has 4 aliphatic carbocycles. The van der Waals surface area contributed by atoms with Crippen LogP contribution in [0.4, 0.5) is 4.79 Å². The van der Waals surface area contributed by atoms with Crippen molar-refractivity contribution in [1.82, 2.24) is 5.32 Å². The normalized spacial score (nSPS) is 43.3. The van der Waals surface area contributed by atoms with Gasteiger partial charge >= 0.3 is 6.09 Å². The minimum absolute atomic E-state index is 0.139. The van der Waals surface area contributed by atoms with E-state index >= 15 is 0 Å². The van der Waals surface area contributed by atoms with Crippen molar-refractivity contribution in [2.24, 2.45) is 23.7 Å². The van der Waals surface area contributed by atoms with Crippen molar-refractivity contribution in [2.75, 3.05) is 20.3 Å². The molecule has 0 aromatic rings. The van der Waals surface area contributed by atoms with Crippen LogP contribution < -0.4 is 5.32 Å². The van der Waals surface area contributed by atoms with Gasteiger partial charge in [-0.3, -0.25) is 0 Å². The number of carbonyl (C=O) groups is 1. The quantitative estimate of drug-likeness (QED) is 0.851. The molecule has 0 spiro atoms. The van der Waals surface area contributed by atoms with E-state index in [4.69, 9.17) is 9.47 Å². The topological polar surface area (TPSA) is 47.6 Å². The Morgan fingerprint density at radius 3 is 2.21 bits per heavy atom. The number of hydrogen-bond donors (Lipinski definition) is 1. The van der Waals surface area contributed by atoms with E-state index in [1.807, 2.05) is 14.0 Å². The van der Waals surface area contributed by atoms with E-state index in [-0.39, 0.29) is 11.7 Å². The molecule has 4 heteroatoms. The van der Waals surface area contributed by atoms with Crippen LogP contribution in [0.3, 0.4) is 0 Å². The fraction of sp³-hybridized carbons (Fsp3) is 0.933. The van der Waals surface area contributed by atoms with Gasteiger partial charge in [-0.05, 0) is 62.7 Å². The molecule has 0 unspecified atom stereocenters. The Bertz CT molecular complexity index is 327. The zero-order chi connectivity index (χ0) is 13.5. The SMILES string of the molecule is CCOC(=O)NCC1(OC)C2CC3CC(C2)CC1C3. The molecule has 0 saturated heterocycles. The van der Waals surface area contributed by atoms with Crippen molar-refractivity contribution < 1.29 is 14.3 Å². The van der Waals surface area contributed by atoms with Crippen LogP contribution in [0.2, 0.25) is 0 Å². The van der Waals surface area contributed by atoms with Crippen LogP contribution in [-0.2, 0) is 9.47 Å². The molecule has 108 valence electrons. The van der Waals surface area contributed by atoms with Gasteiger partial charge in [0, 0.05) is 7.11 Å². The minimum atomic E-state index is -0.312. The molecule has 0 aromatic heterocycles. The lowest BCUT2D eigenvalue weighted by Crippen LogP contribution is -2.63. The highest BCUT2D eigenvalue weighted by molar-refractivity contribution is 5.67. The Morgan fingerprint density at radius 2 is 1.74 bits per heavy atom. The fourth-order valence-corrected chi connectivity index (χ4v) is 5.07. The van der Waals surface area contributed by atoms with Crippen LogP contribution >= 0.6 is 0 Å². The number of hydrogen-bond acceptors (Lipinski definition) is 3. The highest BCUT2D eigenvalue weighted by Gasteiger charge is 2.57. The van der Waals surface area contributed by atoms with Crippen LogP contribution in [-0.4, -0.2) is 32.0 Å². The predicted molar refractivity (Wildman–Crippen MR) is 71.8 cm³/mol. The highest BCUT2D eigenvalue weighted by atomic mass is 16.5. The van der Waals surface area contributed by atoms with Crippen molar-refractivity contribution in [2.45, 2.75) is 44.6 Å². The van der Waals surface area contributed by atoms with E-state index < -0.39 is 0 Å². The van der Waals surface area contributed by atoms with Gasteiger partial charge in [0.2, 0.25) is 0 Å². The number of amides is 1. The standard InChI is InChI=1S/C15H25NO3/c1-3-19-14(17)16-9-15(18-2)12-5-10-4-11(7-12)8-13(15)6-10/h10-13H,3-9H2,1-2H3,(H,16,17). The van der Waals surface area contributed by atoms with Crippen LogP contribution in [0.15, 0.2) is 0 Å². The maximum absolute atomic E-state index is 11.5. The van der Waals surface area contributed by atoms with Crippen LogP contribution in [0.25, 0.3) is 0 Å². The zero-order valence-corrected chi connectivity index (χ0v) is 12.0. The van der Waals surface area contributed by atoms with E-state index in [9.17, 15) is 4.79 Å². The molecule has 0 atom stereocenters. The third kappa shape index (κ3) is 2.14. The van der Waals surface area contributed by atoms with E-state index in [1.165, 1.54) is 32.1 Å². The third-order valence-corrected chi connectivity index (χ3v) is 5.68. The van der Waals surface area contributed by atoms with Gasteiger partial charge < -0.3 is 14.8 Å². The average Bonchev–Trinajstić information content (AvgIpc) is 2.38. The maximum atomic E-state index is 11.5. The van der Waals surface area contributed by atoms with Gasteiger partial charge in [0.1, 0.15) is 0 Å². The molecular weight excluding hydrogens is 242 g/mol. The molecule has 4 rings (SSSR count). The van der Waals surface area contributed by atoms with Gasteiger partial charge in [-0.15, -0.1) is 0 Å². The molecule has 0 radical (unpaired) electrons. The molecule has 4 fully saturated rings. The predicted octanol–water partition coefficient (Wildman–Crippen LogP) is 2.57. The lowest BCUT2D eigenvalue weighted by Gasteiger charge is -2.60. The summed E-state index contributed by atoms with van der Waals surface area (Å²) in [4.78, 5) is 11.5. The van der Waals surface area contributed by atoms with Crippen molar-refractivity contribution in [3.63, 3.8) is 0 Å². The summed E-state index contributed by atoms with van der Waals surface area (Å²) in [6.45, 7) is 2.86. The summed E-state index contributed by atoms with van der Waals surface area (Å²) in [7, 11) is 1.81. The number of methoxy groups -OCH3 is 1. The lowest BCUT2D eigenvalue weighted by atomic mass is 9.49. The molecule has 0 heterocycles. The van der Waals surface area contributed by atoms with Crippen LogP contribution in [0, 0.1) is 23.7 Å². The van der Waals surface area contributed by atoms with Gasteiger partial charge in [0.15, 0.2) is 0 Å². The van der Waals surface area contributed by atoms with E-state index in [2.05, 4.69) is 5.32 Å². The van der Waals surface area contributed by atoms with Crippen LogP contribution in [0.5, 0.6) is 0 Å². The van der Waals surface area contributed by atoms with Crippen molar-refractivity contribution in [3.8, 4) is 0 Å². The second kappa shape index (κ2) is 4.97. The Kier molecular flexibility index (Phi) is 3.46. The number of rotatable bonds is 4. The zero-order valence-electron chi connectivity index (χ0n) is 12.0. The van der Waals surface area contributed by atoms with Gasteiger partial charge in [0.05, 0.1) is 18.8 Å². The lowest BCUT2D eigenvalue weighted by molar-refractivity contribution is -0.186. The monoisotopic (exact) mass is 267 g/mol. The Hall–Kier alpha value is -0.770. The summed E-state index contributed by atoms with van der Waals surface area (Å²) in [6, 6.07) is 0. The summed E-state index contributed by atoms with van der Waals surface area (Å²) in [5.41, 5.74) is -0.139. The molecule has 1 N–H and O–H groups in total. The number of alkyl carbamates (subject to hydrolysis) is 1. The third-order valence-electron chi connectivity index (χ3n) is 5.68. The molecule has 19 heavy (non-hydrogen) atoms. The van der Waals surface area contributed by atoms with Crippen molar-refractivity contribution in [3.05, 3.63) is 0 Å². The first-order chi connectivity index (χ1) is 9.18. The summed E-state index contributed by atoms with van der Waals surface area (Å²) >= 11 is 0. The highest BCUT2D eigenvalue weighted by Crippen LogP contribution is 2.59. The first kappa shape index (κ1) is 13.2. The molecule has 0 aromatic carbocycles. The molecule has 4 saturated carbocycles. The largest absolute Gasteiger partial charge is 0.450 e. The smallest absolute Gasteiger partial charge is 0.407 e. The van der Waals surface area contributed by atoms with Gasteiger partial charge in [0.25, 0.3) is 0 Å². The molecular formula is C15H25NO3.